The van der Waals surface area contributed by atoms with Crippen LogP contribution in [0.5, 0.6) is 0 Å². The van der Waals surface area contributed by atoms with Crippen molar-refractivity contribution in [1.82, 2.24) is 0 Å². The number of hydrogen-bond acceptors (Lipinski definition) is 1. The first kappa shape index (κ1) is 11.5. The van der Waals surface area contributed by atoms with Crippen molar-refractivity contribution in [2.24, 2.45) is 0 Å². The molecule has 0 aliphatic carbocycles. The van der Waals surface area contributed by atoms with Crippen LogP contribution in [0.3, 0.4) is 0 Å². The Morgan fingerprint density at radius 1 is 0.526 bits per heavy atom. The smallest absolute Gasteiger partial charge is 0.0463 e. The lowest BCUT2D eigenvalue weighted by atomic mass is 10.0. The molecule has 3 aromatic rings. The lowest BCUT2D eigenvalue weighted by Gasteiger charge is -2.12. The van der Waals surface area contributed by atoms with Crippen LogP contribution in [0.4, 0.5) is 11.4 Å². The summed E-state index contributed by atoms with van der Waals surface area (Å²) in [7, 11) is 0. The highest BCUT2D eigenvalue weighted by molar-refractivity contribution is 5.80. The first-order valence-corrected chi connectivity index (χ1v) is 6.40. The first-order chi connectivity index (χ1) is 9.43. The Bertz CT molecular complexity index is 645. The van der Waals surface area contributed by atoms with Crippen LogP contribution in [-0.4, -0.2) is 0 Å². The Labute approximate surface area is 113 Å². The standard InChI is InChI=1S/C18H15N/c1-3-9-15(10-4-1)17-13-7-8-14-18(17)19-16-11-5-2-6-12-16/h1-14,19H. The van der Waals surface area contributed by atoms with Gasteiger partial charge in [0.25, 0.3) is 0 Å². The van der Waals surface area contributed by atoms with Gasteiger partial charge in [0.05, 0.1) is 0 Å². The third-order valence-corrected chi connectivity index (χ3v) is 3.06. The third-order valence-electron chi connectivity index (χ3n) is 3.06. The van der Waals surface area contributed by atoms with Crippen LogP contribution in [0.2, 0.25) is 0 Å². The van der Waals surface area contributed by atoms with E-state index in [1.807, 2.05) is 24.3 Å². The maximum Gasteiger partial charge on any atom is 0.0463 e. The van der Waals surface area contributed by atoms with Crippen molar-refractivity contribution in [3.8, 4) is 11.1 Å². The van der Waals surface area contributed by atoms with Crippen LogP contribution < -0.4 is 5.32 Å². The largest absolute Gasteiger partial charge is 0.355 e. The molecule has 0 spiro atoms. The van der Waals surface area contributed by atoms with Gasteiger partial charge in [-0.1, -0.05) is 66.7 Å². The Kier molecular flexibility index (Phi) is 3.28. The molecule has 3 aromatic carbocycles. The fourth-order valence-electron chi connectivity index (χ4n) is 2.14. The van der Waals surface area contributed by atoms with Crippen molar-refractivity contribution in [2.75, 3.05) is 5.32 Å². The number of nitrogens with one attached hydrogen (secondary N) is 1. The molecule has 0 aliphatic heterocycles. The third kappa shape index (κ3) is 2.66. The van der Waals surface area contributed by atoms with Gasteiger partial charge in [0.2, 0.25) is 0 Å². The number of benzene rings is 3. The van der Waals surface area contributed by atoms with Crippen molar-refractivity contribution in [3.63, 3.8) is 0 Å². The molecule has 0 unspecified atom stereocenters. The average Bonchev–Trinajstić information content (AvgIpc) is 2.50. The highest BCUT2D eigenvalue weighted by atomic mass is 14.9. The molecule has 0 fully saturated rings. The van der Waals surface area contributed by atoms with Crippen molar-refractivity contribution in [2.45, 2.75) is 0 Å². The summed E-state index contributed by atoms with van der Waals surface area (Å²) >= 11 is 0. The van der Waals surface area contributed by atoms with Gasteiger partial charge in [0, 0.05) is 16.9 Å². The average molecular weight is 245 g/mol. The van der Waals surface area contributed by atoms with E-state index in [1.165, 1.54) is 11.1 Å². The summed E-state index contributed by atoms with van der Waals surface area (Å²) in [6, 6.07) is 29.0. The molecule has 92 valence electrons. The molecule has 1 nitrogen and oxygen atoms in total. The van der Waals surface area contributed by atoms with Gasteiger partial charge in [-0.15, -0.1) is 0 Å². The molecule has 0 bridgehead atoms. The molecule has 0 amide bonds. The van der Waals surface area contributed by atoms with Crippen molar-refractivity contribution in [1.29, 1.82) is 0 Å². The van der Waals surface area contributed by atoms with E-state index in [-0.39, 0.29) is 0 Å². The van der Waals surface area contributed by atoms with E-state index < -0.39 is 0 Å². The van der Waals surface area contributed by atoms with Gasteiger partial charge in [-0.2, -0.15) is 0 Å². The molecule has 0 saturated carbocycles. The summed E-state index contributed by atoms with van der Waals surface area (Å²) in [5.41, 5.74) is 4.67. The van der Waals surface area contributed by atoms with Crippen molar-refractivity contribution >= 4 is 11.4 Å². The minimum Gasteiger partial charge on any atom is -0.355 e. The van der Waals surface area contributed by atoms with E-state index in [0.717, 1.165) is 11.4 Å². The molecule has 0 aromatic heterocycles. The summed E-state index contributed by atoms with van der Waals surface area (Å²) in [5, 5.41) is 3.47. The molecule has 1 N–H and O–H groups in total. The number of hydrogen-bond donors (Lipinski definition) is 1. The Morgan fingerprint density at radius 3 is 1.84 bits per heavy atom. The van der Waals surface area contributed by atoms with Gasteiger partial charge in [-0.3, -0.25) is 0 Å². The zero-order valence-electron chi connectivity index (χ0n) is 10.6. The predicted molar refractivity (Wildman–Crippen MR) is 81.6 cm³/mol. The normalized spacial score (nSPS) is 10.1. The maximum absolute atomic E-state index is 3.47. The summed E-state index contributed by atoms with van der Waals surface area (Å²) in [5.74, 6) is 0. The molecule has 0 radical (unpaired) electrons. The van der Waals surface area contributed by atoms with Gasteiger partial charge >= 0.3 is 0 Å². The lowest BCUT2D eigenvalue weighted by molar-refractivity contribution is 1.53. The van der Waals surface area contributed by atoms with Crippen molar-refractivity contribution in [3.05, 3.63) is 84.9 Å². The van der Waals surface area contributed by atoms with E-state index in [4.69, 9.17) is 0 Å². The SMILES string of the molecule is c1ccc(Nc2ccccc2-c2ccccc2)cc1. The van der Waals surface area contributed by atoms with Crippen LogP contribution in [-0.2, 0) is 0 Å². The topological polar surface area (TPSA) is 12.0 Å². The minimum absolute atomic E-state index is 1.10. The van der Waals surface area contributed by atoms with Gasteiger partial charge in [-0.25, -0.2) is 0 Å². The first-order valence-electron chi connectivity index (χ1n) is 6.40. The highest BCUT2D eigenvalue weighted by Crippen LogP contribution is 2.29. The fraction of sp³-hybridized carbons (Fsp3) is 0. The molecule has 0 aliphatic rings. The van der Waals surface area contributed by atoms with Crippen LogP contribution >= 0.6 is 0 Å². The second kappa shape index (κ2) is 5.40. The number of rotatable bonds is 3. The molecule has 0 saturated heterocycles. The van der Waals surface area contributed by atoms with E-state index in [9.17, 15) is 0 Å². The number of para-hydroxylation sites is 2. The van der Waals surface area contributed by atoms with E-state index >= 15 is 0 Å². The summed E-state index contributed by atoms with van der Waals surface area (Å²) in [6.45, 7) is 0. The van der Waals surface area contributed by atoms with E-state index in [2.05, 4.69) is 66.0 Å². The van der Waals surface area contributed by atoms with Crippen LogP contribution in [0.15, 0.2) is 84.9 Å². The molecule has 3 rings (SSSR count). The highest BCUT2D eigenvalue weighted by Gasteiger charge is 2.03. The second-order valence-corrected chi connectivity index (χ2v) is 4.40. The second-order valence-electron chi connectivity index (χ2n) is 4.40. The predicted octanol–water partition coefficient (Wildman–Crippen LogP) is 5.10. The molecule has 19 heavy (non-hydrogen) atoms. The lowest BCUT2D eigenvalue weighted by Crippen LogP contribution is -1.92. The molecule has 0 heterocycles. The summed E-state index contributed by atoms with van der Waals surface area (Å²) in [6.07, 6.45) is 0. The maximum atomic E-state index is 3.47. The summed E-state index contributed by atoms with van der Waals surface area (Å²) in [4.78, 5) is 0. The molecular weight excluding hydrogens is 230 g/mol. The van der Waals surface area contributed by atoms with E-state index in [0.29, 0.717) is 0 Å². The summed E-state index contributed by atoms with van der Waals surface area (Å²) < 4.78 is 0. The Hall–Kier alpha value is -2.54. The van der Waals surface area contributed by atoms with E-state index in [1.54, 1.807) is 0 Å². The number of anilines is 2. The van der Waals surface area contributed by atoms with Crippen LogP contribution in [0.25, 0.3) is 11.1 Å². The van der Waals surface area contributed by atoms with Gasteiger partial charge in [0.15, 0.2) is 0 Å². The minimum atomic E-state index is 1.10. The quantitative estimate of drug-likeness (QED) is 0.677. The Morgan fingerprint density at radius 2 is 1.11 bits per heavy atom. The van der Waals surface area contributed by atoms with Crippen molar-refractivity contribution < 1.29 is 0 Å². The van der Waals surface area contributed by atoms with Gasteiger partial charge in [-0.05, 0) is 23.8 Å². The zero-order valence-corrected chi connectivity index (χ0v) is 10.6. The fourth-order valence-corrected chi connectivity index (χ4v) is 2.14. The molecule has 1 heteroatoms. The van der Waals surface area contributed by atoms with Crippen LogP contribution in [0.1, 0.15) is 0 Å². The monoisotopic (exact) mass is 245 g/mol. The van der Waals surface area contributed by atoms with Gasteiger partial charge < -0.3 is 5.32 Å². The molecule has 0 atom stereocenters. The van der Waals surface area contributed by atoms with Gasteiger partial charge in [0.1, 0.15) is 0 Å². The van der Waals surface area contributed by atoms with Crippen LogP contribution in [0, 0.1) is 0 Å². The molecular formula is C18H15N. The Balaban J connectivity index is 1.99. The zero-order chi connectivity index (χ0) is 12.9.